The van der Waals surface area contributed by atoms with Crippen molar-refractivity contribution in [3.05, 3.63) is 54.1 Å². The topological polar surface area (TPSA) is 57.8 Å². The van der Waals surface area contributed by atoms with Gasteiger partial charge in [0.05, 0.1) is 11.5 Å². The van der Waals surface area contributed by atoms with E-state index in [2.05, 4.69) is 15.3 Å². The summed E-state index contributed by atoms with van der Waals surface area (Å²) in [5, 5.41) is 2.99. The van der Waals surface area contributed by atoms with Gasteiger partial charge in [-0.25, -0.2) is 4.98 Å². The van der Waals surface area contributed by atoms with E-state index in [4.69, 9.17) is 0 Å². The summed E-state index contributed by atoms with van der Waals surface area (Å²) in [4.78, 5) is 19.6. The van der Waals surface area contributed by atoms with Gasteiger partial charge in [0.1, 0.15) is 5.82 Å². The predicted molar refractivity (Wildman–Crippen MR) is 74.6 cm³/mol. The average Bonchev–Trinajstić information content (AvgIpc) is 2.93. The summed E-state index contributed by atoms with van der Waals surface area (Å²) in [5.74, 6) is 0.750. The minimum Gasteiger partial charge on any atom is -0.347 e. The molecule has 0 bridgehead atoms. The highest BCUT2D eigenvalue weighted by Crippen LogP contribution is 2.24. The maximum Gasteiger partial charge on any atom is 0.230 e. The summed E-state index contributed by atoms with van der Waals surface area (Å²) in [6, 6.07) is 9.64. The molecule has 1 unspecified atom stereocenters. The zero-order chi connectivity index (χ0) is 13.9. The molecule has 4 nitrogen and oxygen atoms in total. The van der Waals surface area contributed by atoms with Gasteiger partial charge >= 0.3 is 0 Å². The molecule has 0 saturated heterocycles. The first-order chi connectivity index (χ1) is 9.01. The van der Waals surface area contributed by atoms with Crippen LogP contribution in [0.2, 0.25) is 0 Å². The normalized spacial score (nSPS) is 13.0. The van der Waals surface area contributed by atoms with Gasteiger partial charge in [0.2, 0.25) is 5.91 Å². The Morgan fingerprint density at radius 2 is 2.00 bits per heavy atom. The Morgan fingerprint density at radius 3 is 2.58 bits per heavy atom. The van der Waals surface area contributed by atoms with Crippen molar-refractivity contribution in [2.45, 2.75) is 32.2 Å². The molecule has 1 aromatic heterocycles. The zero-order valence-corrected chi connectivity index (χ0v) is 11.5. The third-order valence-corrected chi connectivity index (χ3v) is 3.34. The molecule has 1 atom stereocenters. The molecule has 4 heteroatoms. The summed E-state index contributed by atoms with van der Waals surface area (Å²) in [7, 11) is 0. The second kappa shape index (κ2) is 5.26. The van der Waals surface area contributed by atoms with E-state index in [1.54, 1.807) is 12.4 Å². The number of rotatable bonds is 4. The lowest BCUT2D eigenvalue weighted by molar-refractivity contribution is -0.126. The molecule has 0 radical (unpaired) electrons. The van der Waals surface area contributed by atoms with Gasteiger partial charge in [-0.15, -0.1) is 0 Å². The predicted octanol–water partition coefficient (Wildman–Crippen LogP) is 2.56. The van der Waals surface area contributed by atoms with Crippen molar-refractivity contribution in [2.75, 3.05) is 0 Å². The minimum absolute atomic E-state index is 0.0115. The van der Waals surface area contributed by atoms with Crippen LogP contribution in [0.5, 0.6) is 0 Å². The SMILES string of the molecule is CC(NC(=O)C(C)(C)c1ccccc1)c1ncc[nH]1. The van der Waals surface area contributed by atoms with E-state index < -0.39 is 5.41 Å². The maximum atomic E-state index is 12.4. The van der Waals surface area contributed by atoms with Crippen LogP contribution in [0.15, 0.2) is 42.7 Å². The first-order valence-electron chi connectivity index (χ1n) is 6.37. The van der Waals surface area contributed by atoms with Crippen LogP contribution < -0.4 is 5.32 Å². The molecule has 0 fully saturated rings. The van der Waals surface area contributed by atoms with E-state index >= 15 is 0 Å². The first-order valence-corrected chi connectivity index (χ1v) is 6.37. The van der Waals surface area contributed by atoms with Crippen LogP contribution in [-0.4, -0.2) is 15.9 Å². The number of carbonyl (C=O) groups excluding carboxylic acids is 1. The summed E-state index contributed by atoms with van der Waals surface area (Å²) >= 11 is 0. The van der Waals surface area contributed by atoms with Crippen LogP contribution >= 0.6 is 0 Å². The summed E-state index contributed by atoms with van der Waals surface area (Å²) in [6.45, 7) is 5.76. The Morgan fingerprint density at radius 1 is 1.32 bits per heavy atom. The fraction of sp³-hybridized carbons (Fsp3) is 0.333. The maximum absolute atomic E-state index is 12.4. The van der Waals surface area contributed by atoms with E-state index in [-0.39, 0.29) is 11.9 Å². The number of nitrogens with one attached hydrogen (secondary N) is 2. The number of nitrogens with zero attached hydrogens (tertiary/aromatic N) is 1. The molecule has 19 heavy (non-hydrogen) atoms. The summed E-state index contributed by atoms with van der Waals surface area (Å²) in [5.41, 5.74) is 0.432. The number of imidazole rings is 1. The third-order valence-electron chi connectivity index (χ3n) is 3.34. The largest absolute Gasteiger partial charge is 0.347 e. The Kier molecular flexibility index (Phi) is 3.69. The first kappa shape index (κ1) is 13.3. The molecule has 0 aliphatic carbocycles. The van der Waals surface area contributed by atoms with Crippen molar-refractivity contribution >= 4 is 5.91 Å². The van der Waals surface area contributed by atoms with Gasteiger partial charge in [0.15, 0.2) is 0 Å². The molecular formula is C15H19N3O. The highest BCUT2D eigenvalue weighted by atomic mass is 16.2. The van der Waals surface area contributed by atoms with Crippen molar-refractivity contribution in [3.8, 4) is 0 Å². The van der Waals surface area contributed by atoms with E-state index in [9.17, 15) is 4.79 Å². The molecular weight excluding hydrogens is 238 g/mol. The van der Waals surface area contributed by atoms with Crippen molar-refractivity contribution in [1.82, 2.24) is 15.3 Å². The molecule has 1 amide bonds. The molecule has 2 rings (SSSR count). The summed E-state index contributed by atoms with van der Waals surface area (Å²) in [6.07, 6.45) is 3.43. The average molecular weight is 257 g/mol. The quantitative estimate of drug-likeness (QED) is 0.884. The van der Waals surface area contributed by atoms with Crippen molar-refractivity contribution in [3.63, 3.8) is 0 Å². The zero-order valence-electron chi connectivity index (χ0n) is 11.5. The fourth-order valence-corrected chi connectivity index (χ4v) is 1.95. The van der Waals surface area contributed by atoms with Gasteiger partial charge in [-0.05, 0) is 26.3 Å². The van der Waals surface area contributed by atoms with Crippen molar-refractivity contribution < 1.29 is 4.79 Å². The van der Waals surface area contributed by atoms with E-state index in [0.29, 0.717) is 0 Å². The van der Waals surface area contributed by atoms with E-state index in [0.717, 1.165) is 11.4 Å². The van der Waals surface area contributed by atoms with Crippen LogP contribution in [0.3, 0.4) is 0 Å². The van der Waals surface area contributed by atoms with Gasteiger partial charge in [-0.3, -0.25) is 4.79 Å². The Bertz CT molecular complexity index is 532. The number of hydrogen-bond acceptors (Lipinski definition) is 2. The lowest BCUT2D eigenvalue weighted by Crippen LogP contribution is -2.41. The molecule has 0 spiro atoms. The molecule has 100 valence electrons. The van der Waals surface area contributed by atoms with Crippen LogP contribution in [0.25, 0.3) is 0 Å². The van der Waals surface area contributed by atoms with Crippen molar-refractivity contribution in [1.29, 1.82) is 0 Å². The Labute approximate surface area is 113 Å². The number of amides is 1. The second-order valence-electron chi connectivity index (χ2n) is 5.16. The standard InChI is InChI=1S/C15H19N3O/c1-11(13-16-9-10-17-13)18-14(19)15(2,3)12-7-5-4-6-8-12/h4-11H,1-3H3,(H,16,17)(H,18,19). The Balaban J connectivity index is 2.11. The smallest absolute Gasteiger partial charge is 0.230 e. The molecule has 1 heterocycles. The molecule has 0 aliphatic heterocycles. The molecule has 0 aliphatic rings. The van der Waals surface area contributed by atoms with E-state index in [1.807, 2.05) is 51.1 Å². The van der Waals surface area contributed by atoms with Crippen LogP contribution in [0.4, 0.5) is 0 Å². The van der Waals surface area contributed by atoms with Gasteiger partial charge in [-0.2, -0.15) is 0 Å². The monoisotopic (exact) mass is 257 g/mol. The highest BCUT2D eigenvalue weighted by Gasteiger charge is 2.30. The Hall–Kier alpha value is -2.10. The molecule has 1 aromatic carbocycles. The fourth-order valence-electron chi connectivity index (χ4n) is 1.95. The van der Waals surface area contributed by atoms with Gasteiger partial charge < -0.3 is 10.3 Å². The van der Waals surface area contributed by atoms with Crippen LogP contribution in [0, 0.1) is 0 Å². The van der Waals surface area contributed by atoms with Gasteiger partial charge in [0.25, 0.3) is 0 Å². The van der Waals surface area contributed by atoms with E-state index in [1.165, 1.54) is 0 Å². The number of aromatic nitrogens is 2. The number of H-pyrrole nitrogens is 1. The molecule has 0 saturated carbocycles. The van der Waals surface area contributed by atoms with Crippen LogP contribution in [0.1, 0.15) is 38.2 Å². The second-order valence-corrected chi connectivity index (χ2v) is 5.16. The lowest BCUT2D eigenvalue weighted by atomic mass is 9.83. The highest BCUT2D eigenvalue weighted by molar-refractivity contribution is 5.87. The number of carbonyl (C=O) groups is 1. The third kappa shape index (κ3) is 2.84. The number of aromatic amines is 1. The van der Waals surface area contributed by atoms with Crippen LogP contribution in [-0.2, 0) is 10.2 Å². The molecule has 2 N–H and O–H groups in total. The summed E-state index contributed by atoms with van der Waals surface area (Å²) < 4.78 is 0. The molecule has 2 aromatic rings. The number of benzene rings is 1. The van der Waals surface area contributed by atoms with Crippen molar-refractivity contribution in [2.24, 2.45) is 0 Å². The number of hydrogen-bond donors (Lipinski definition) is 2. The lowest BCUT2D eigenvalue weighted by Gasteiger charge is -2.26. The minimum atomic E-state index is -0.567. The van der Waals surface area contributed by atoms with Gasteiger partial charge in [-0.1, -0.05) is 30.3 Å². The van der Waals surface area contributed by atoms with Gasteiger partial charge in [0, 0.05) is 12.4 Å².